The predicted octanol–water partition coefficient (Wildman–Crippen LogP) is 1.92. The standard InChI is InChI=1S/C10H8Cl2O6/c11-9-5(17-3-7(13)14)1-2-6(10(9)12)18-4-8(15)16/h1-2H,3-4H2,(H,13,14)(H,15,16). The molecule has 0 saturated carbocycles. The zero-order valence-corrected chi connectivity index (χ0v) is 10.4. The molecule has 0 aliphatic carbocycles. The van der Waals surface area contributed by atoms with Crippen LogP contribution in [-0.4, -0.2) is 35.4 Å². The van der Waals surface area contributed by atoms with Crippen LogP contribution in [0.15, 0.2) is 12.1 Å². The Kier molecular flexibility index (Phi) is 5.06. The van der Waals surface area contributed by atoms with Crippen molar-refractivity contribution >= 4 is 35.1 Å². The van der Waals surface area contributed by atoms with E-state index in [0.29, 0.717) is 0 Å². The second-order valence-corrected chi connectivity index (χ2v) is 3.81. The van der Waals surface area contributed by atoms with Crippen LogP contribution in [0, 0.1) is 0 Å². The Bertz CT molecular complexity index is 431. The molecule has 0 heterocycles. The Hall–Kier alpha value is -1.66. The minimum atomic E-state index is -1.16. The van der Waals surface area contributed by atoms with Crippen LogP contribution < -0.4 is 9.47 Å². The summed E-state index contributed by atoms with van der Waals surface area (Å²) in [6, 6.07) is 2.68. The lowest BCUT2D eigenvalue weighted by molar-refractivity contribution is -0.140. The maximum Gasteiger partial charge on any atom is 0.341 e. The Morgan fingerprint density at radius 3 is 1.56 bits per heavy atom. The van der Waals surface area contributed by atoms with Crippen LogP contribution in [0.2, 0.25) is 10.0 Å². The second kappa shape index (κ2) is 6.32. The summed E-state index contributed by atoms with van der Waals surface area (Å²) in [5.41, 5.74) is 0. The maximum atomic E-state index is 10.3. The number of carboxylic acids is 2. The third kappa shape index (κ3) is 3.97. The number of halogens is 2. The van der Waals surface area contributed by atoms with Crippen LogP contribution in [0.25, 0.3) is 0 Å². The molecule has 0 unspecified atom stereocenters. The molecule has 0 radical (unpaired) electrons. The van der Waals surface area contributed by atoms with Gasteiger partial charge in [-0.3, -0.25) is 0 Å². The van der Waals surface area contributed by atoms with Crippen molar-refractivity contribution in [2.45, 2.75) is 0 Å². The molecule has 0 aliphatic rings. The van der Waals surface area contributed by atoms with Gasteiger partial charge in [0.25, 0.3) is 0 Å². The molecular weight excluding hydrogens is 287 g/mol. The summed E-state index contributed by atoms with van der Waals surface area (Å²) in [4.78, 5) is 20.6. The Labute approximate surface area is 112 Å². The molecule has 18 heavy (non-hydrogen) atoms. The first-order valence-electron chi connectivity index (χ1n) is 4.59. The predicted molar refractivity (Wildman–Crippen MR) is 62.7 cm³/mol. The molecule has 0 aromatic heterocycles. The third-order valence-corrected chi connectivity index (χ3v) is 2.56. The average Bonchev–Trinajstić information content (AvgIpc) is 2.29. The molecule has 8 heteroatoms. The summed E-state index contributed by atoms with van der Waals surface area (Å²) in [5, 5.41) is 16.8. The molecular formula is C10H8Cl2O6. The summed E-state index contributed by atoms with van der Waals surface area (Å²) in [5.74, 6) is -2.17. The van der Waals surface area contributed by atoms with Crippen LogP contribution in [0.3, 0.4) is 0 Å². The zero-order valence-electron chi connectivity index (χ0n) is 8.85. The molecule has 0 aliphatic heterocycles. The smallest absolute Gasteiger partial charge is 0.341 e. The van der Waals surface area contributed by atoms with Gasteiger partial charge in [0.05, 0.1) is 0 Å². The number of ether oxygens (including phenoxy) is 2. The lowest BCUT2D eigenvalue weighted by Crippen LogP contribution is -2.11. The minimum absolute atomic E-state index is 0.0409. The van der Waals surface area contributed by atoms with Gasteiger partial charge < -0.3 is 19.7 Å². The summed E-state index contributed by atoms with van der Waals surface area (Å²) >= 11 is 11.6. The van der Waals surface area contributed by atoms with Crippen molar-refractivity contribution in [2.24, 2.45) is 0 Å². The largest absolute Gasteiger partial charge is 0.480 e. The molecule has 0 atom stereocenters. The fourth-order valence-electron chi connectivity index (χ4n) is 1.02. The molecule has 0 saturated heterocycles. The number of carboxylic acid groups (broad SMARTS) is 2. The quantitative estimate of drug-likeness (QED) is 0.832. The summed E-state index contributed by atoms with van der Waals surface area (Å²) in [6.45, 7) is -1.13. The van der Waals surface area contributed by atoms with Gasteiger partial charge in [-0.15, -0.1) is 0 Å². The normalized spacial score (nSPS) is 9.89. The van der Waals surface area contributed by atoms with Crippen LogP contribution in [0.5, 0.6) is 11.5 Å². The van der Waals surface area contributed by atoms with Gasteiger partial charge >= 0.3 is 11.9 Å². The highest BCUT2D eigenvalue weighted by Crippen LogP contribution is 2.38. The van der Waals surface area contributed by atoms with E-state index in [-0.39, 0.29) is 21.5 Å². The topological polar surface area (TPSA) is 93.1 Å². The van der Waals surface area contributed by atoms with Gasteiger partial charge in [-0.05, 0) is 12.1 Å². The fraction of sp³-hybridized carbons (Fsp3) is 0.200. The van der Waals surface area contributed by atoms with Crippen molar-refractivity contribution in [1.82, 2.24) is 0 Å². The van der Waals surface area contributed by atoms with Crippen molar-refractivity contribution in [1.29, 1.82) is 0 Å². The number of rotatable bonds is 6. The average molecular weight is 295 g/mol. The van der Waals surface area contributed by atoms with Crippen molar-refractivity contribution in [3.63, 3.8) is 0 Å². The van der Waals surface area contributed by atoms with E-state index in [0.717, 1.165) is 0 Å². The zero-order chi connectivity index (χ0) is 13.7. The number of hydrogen-bond acceptors (Lipinski definition) is 4. The van der Waals surface area contributed by atoms with Crippen molar-refractivity contribution in [3.05, 3.63) is 22.2 Å². The number of hydrogen-bond donors (Lipinski definition) is 2. The highest BCUT2D eigenvalue weighted by atomic mass is 35.5. The SMILES string of the molecule is O=C(O)COc1ccc(OCC(=O)O)c(Cl)c1Cl. The molecule has 1 aromatic carbocycles. The molecule has 98 valence electrons. The first kappa shape index (κ1) is 14.4. The maximum absolute atomic E-state index is 10.3. The van der Waals surface area contributed by atoms with Crippen molar-refractivity contribution in [3.8, 4) is 11.5 Å². The second-order valence-electron chi connectivity index (χ2n) is 3.05. The van der Waals surface area contributed by atoms with Crippen LogP contribution >= 0.6 is 23.2 Å². The third-order valence-electron chi connectivity index (χ3n) is 1.71. The molecule has 0 bridgehead atoms. The molecule has 0 amide bonds. The Balaban J connectivity index is 2.83. The first-order chi connectivity index (χ1) is 8.41. The van der Waals surface area contributed by atoms with E-state index in [2.05, 4.69) is 0 Å². The molecule has 0 spiro atoms. The lowest BCUT2D eigenvalue weighted by atomic mass is 10.3. The summed E-state index contributed by atoms with van der Waals surface area (Å²) in [6.07, 6.45) is 0. The molecule has 0 fully saturated rings. The number of carbonyl (C=O) groups is 2. The highest BCUT2D eigenvalue weighted by Gasteiger charge is 2.14. The van der Waals surface area contributed by atoms with E-state index in [1.165, 1.54) is 12.1 Å². The first-order valence-corrected chi connectivity index (χ1v) is 5.34. The van der Waals surface area contributed by atoms with E-state index >= 15 is 0 Å². The number of aliphatic carboxylic acids is 2. The van der Waals surface area contributed by atoms with Gasteiger partial charge in [-0.25, -0.2) is 9.59 Å². The lowest BCUT2D eigenvalue weighted by Gasteiger charge is -2.10. The molecule has 1 rings (SSSR count). The van der Waals surface area contributed by atoms with Gasteiger partial charge in [0.2, 0.25) is 0 Å². The summed E-state index contributed by atoms with van der Waals surface area (Å²) in [7, 11) is 0. The van der Waals surface area contributed by atoms with E-state index in [1.54, 1.807) is 0 Å². The van der Waals surface area contributed by atoms with Gasteiger partial charge in [0, 0.05) is 0 Å². The molecule has 1 aromatic rings. The van der Waals surface area contributed by atoms with Gasteiger partial charge in [0.15, 0.2) is 13.2 Å². The van der Waals surface area contributed by atoms with E-state index in [9.17, 15) is 9.59 Å². The highest BCUT2D eigenvalue weighted by molar-refractivity contribution is 6.43. The van der Waals surface area contributed by atoms with Crippen molar-refractivity contribution in [2.75, 3.05) is 13.2 Å². The molecule has 2 N–H and O–H groups in total. The fourth-order valence-corrected chi connectivity index (χ4v) is 1.44. The van der Waals surface area contributed by atoms with Crippen LogP contribution in [-0.2, 0) is 9.59 Å². The minimum Gasteiger partial charge on any atom is -0.480 e. The van der Waals surface area contributed by atoms with E-state index in [1.807, 2.05) is 0 Å². The van der Waals surface area contributed by atoms with Gasteiger partial charge in [0.1, 0.15) is 21.5 Å². The monoisotopic (exact) mass is 294 g/mol. The van der Waals surface area contributed by atoms with E-state index in [4.69, 9.17) is 42.9 Å². The van der Waals surface area contributed by atoms with Crippen LogP contribution in [0.1, 0.15) is 0 Å². The Morgan fingerprint density at radius 1 is 0.944 bits per heavy atom. The summed E-state index contributed by atoms with van der Waals surface area (Å²) < 4.78 is 9.74. The van der Waals surface area contributed by atoms with Gasteiger partial charge in [-0.1, -0.05) is 23.2 Å². The van der Waals surface area contributed by atoms with Crippen molar-refractivity contribution < 1.29 is 29.3 Å². The molecule has 6 nitrogen and oxygen atoms in total. The Morgan fingerprint density at radius 2 is 1.28 bits per heavy atom. The van der Waals surface area contributed by atoms with Gasteiger partial charge in [-0.2, -0.15) is 0 Å². The number of benzene rings is 1. The van der Waals surface area contributed by atoms with Crippen LogP contribution in [0.4, 0.5) is 0 Å². The van der Waals surface area contributed by atoms with E-state index < -0.39 is 25.2 Å².